The van der Waals surface area contributed by atoms with E-state index in [0.29, 0.717) is 12.4 Å². The molecule has 0 aliphatic carbocycles. The maximum absolute atomic E-state index is 12.0. The van der Waals surface area contributed by atoms with E-state index >= 15 is 0 Å². The Labute approximate surface area is 158 Å². The molecule has 2 N–H and O–H groups in total. The Morgan fingerprint density at radius 1 is 1.19 bits per heavy atom. The van der Waals surface area contributed by atoms with Gasteiger partial charge in [-0.05, 0) is 57.9 Å². The second kappa shape index (κ2) is 9.36. The maximum Gasteiger partial charge on any atom is 0.338 e. The van der Waals surface area contributed by atoms with Gasteiger partial charge in [-0.25, -0.2) is 9.59 Å². The van der Waals surface area contributed by atoms with E-state index in [4.69, 9.17) is 14.2 Å². The number of hydrogen-bond donors (Lipinski definition) is 2. The largest absolute Gasteiger partial charge is 0.491 e. The highest BCUT2D eigenvalue weighted by molar-refractivity contribution is 5.97. The number of urea groups is 1. The Balaban J connectivity index is 1.73. The lowest BCUT2D eigenvalue weighted by atomic mass is 10.1. The van der Waals surface area contributed by atoms with Gasteiger partial charge in [-0.15, -0.1) is 0 Å². The van der Waals surface area contributed by atoms with Crippen LogP contribution < -0.4 is 15.4 Å². The molecule has 3 amide bonds. The Morgan fingerprint density at radius 2 is 1.89 bits per heavy atom. The summed E-state index contributed by atoms with van der Waals surface area (Å²) < 4.78 is 16.0. The molecule has 2 rings (SSSR count). The maximum atomic E-state index is 12.0. The predicted molar refractivity (Wildman–Crippen MR) is 97.6 cm³/mol. The van der Waals surface area contributed by atoms with Crippen LogP contribution in [0.3, 0.4) is 0 Å². The molecule has 1 heterocycles. The molecule has 1 fully saturated rings. The van der Waals surface area contributed by atoms with Gasteiger partial charge in [0, 0.05) is 12.1 Å². The molecule has 8 nitrogen and oxygen atoms in total. The van der Waals surface area contributed by atoms with E-state index in [1.165, 1.54) is 0 Å². The van der Waals surface area contributed by atoms with Crippen LogP contribution in [0, 0.1) is 0 Å². The second-order valence-electron chi connectivity index (χ2n) is 7.30. The summed E-state index contributed by atoms with van der Waals surface area (Å²) in [7, 11) is 0. The van der Waals surface area contributed by atoms with Gasteiger partial charge in [-0.3, -0.25) is 10.1 Å². The number of imide groups is 1. The highest BCUT2D eigenvalue weighted by atomic mass is 16.5. The third-order valence-corrected chi connectivity index (χ3v) is 3.63. The molecule has 1 aromatic rings. The van der Waals surface area contributed by atoms with E-state index < -0.39 is 30.1 Å². The van der Waals surface area contributed by atoms with E-state index in [9.17, 15) is 14.4 Å². The van der Waals surface area contributed by atoms with Crippen molar-refractivity contribution in [2.75, 3.05) is 19.8 Å². The molecule has 1 saturated heterocycles. The number of carbonyl (C=O) groups is 3. The predicted octanol–water partition coefficient (Wildman–Crippen LogP) is 2.03. The van der Waals surface area contributed by atoms with Gasteiger partial charge in [-0.1, -0.05) is 0 Å². The molecule has 0 unspecified atom stereocenters. The normalized spacial score (nSPS) is 16.5. The molecule has 0 saturated carbocycles. The first kappa shape index (κ1) is 20.7. The van der Waals surface area contributed by atoms with Crippen LogP contribution in [0.5, 0.6) is 5.75 Å². The first-order chi connectivity index (χ1) is 12.7. The fourth-order valence-corrected chi connectivity index (χ4v) is 2.40. The molecule has 8 heteroatoms. The Hall–Kier alpha value is -2.61. The molecular weight excluding hydrogens is 352 g/mol. The molecule has 0 radical (unpaired) electrons. The van der Waals surface area contributed by atoms with E-state index in [2.05, 4.69) is 10.6 Å². The number of esters is 1. The van der Waals surface area contributed by atoms with Gasteiger partial charge in [0.25, 0.3) is 5.91 Å². The highest BCUT2D eigenvalue weighted by Crippen LogP contribution is 2.17. The summed E-state index contributed by atoms with van der Waals surface area (Å²) in [6, 6.07) is 5.77. The summed E-state index contributed by atoms with van der Waals surface area (Å²) in [4.78, 5) is 35.2. The monoisotopic (exact) mass is 378 g/mol. The molecule has 0 aromatic heterocycles. The quantitative estimate of drug-likeness (QED) is 0.734. The van der Waals surface area contributed by atoms with Crippen LogP contribution >= 0.6 is 0 Å². The summed E-state index contributed by atoms with van der Waals surface area (Å²) >= 11 is 0. The van der Waals surface area contributed by atoms with Gasteiger partial charge in [0.2, 0.25) is 0 Å². The highest BCUT2D eigenvalue weighted by Gasteiger charge is 2.18. The summed E-state index contributed by atoms with van der Waals surface area (Å²) in [6.45, 7) is 6.04. The zero-order valence-corrected chi connectivity index (χ0v) is 15.9. The molecule has 148 valence electrons. The van der Waals surface area contributed by atoms with Crippen LogP contribution in [-0.4, -0.2) is 49.4 Å². The zero-order valence-electron chi connectivity index (χ0n) is 15.9. The number of carbonyl (C=O) groups excluding carboxylic acids is 3. The third-order valence-electron chi connectivity index (χ3n) is 3.63. The van der Waals surface area contributed by atoms with Gasteiger partial charge in [0.05, 0.1) is 11.7 Å². The summed E-state index contributed by atoms with van der Waals surface area (Å²) in [5, 5.41) is 4.67. The SMILES string of the molecule is CC(C)(C)NC(=O)NC(=O)COC(=O)c1ccc(OC[C@@H]2CCCO2)cc1. The smallest absolute Gasteiger partial charge is 0.338 e. The average Bonchev–Trinajstić information content (AvgIpc) is 3.10. The van der Waals surface area contributed by atoms with Crippen molar-refractivity contribution in [3.05, 3.63) is 29.8 Å². The van der Waals surface area contributed by atoms with Crippen LogP contribution in [0.25, 0.3) is 0 Å². The topological polar surface area (TPSA) is 103 Å². The van der Waals surface area contributed by atoms with Crippen LogP contribution in [-0.2, 0) is 14.3 Å². The number of nitrogens with one attached hydrogen (secondary N) is 2. The van der Waals surface area contributed by atoms with Gasteiger partial charge >= 0.3 is 12.0 Å². The number of hydrogen-bond acceptors (Lipinski definition) is 6. The number of rotatable bonds is 6. The van der Waals surface area contributed by atoms with E-state index in [-0.39, 0.29) is 11.7 Å². The Kier molecular flexibility index (Phi) is 7.18. The number of benzene rings is 1. The van der Waals surface area contributed by atoms with Crippen molar-refractivity contribution in [3.8, 4) is 5.75 Å². The Bertz CT molecular complexity index is 660. The Morgan fingerprint density at radius 3 is 2.48 bits per heavy atom. The molecule has 1 atom stereocenters. The minimum absolute atomic E-state index is 0.114. The van der Waals surface area contributed by atoms with Crippen LogP contribution in [0.1, 0.15) is 44.0 Å². The van der Waals surface area contributed by atoms with Crippen molar-refractivity contribution >= 4 is 17.9 Å². The van der Waals surface area contributed by atoms with Gasteiger partial charge in [0.1, 0.15) is 12.4 Å². The molecule has 1 aliphatic rings. The minimum Gasteiger partial charge on any atom is -0.491 e. The van der Waals surface area contributed by atoms with E-state index in [1.54, 1.807) is 45.0 Å². The van der Waals surface area contributed by atoms with Crippen molar-refractivity contribution in [2.45, 2.75) is 45.3 Å². The van der Waals surface area contributed by atoms with E-state index in [1.807, 2.05) is 0 Å². The zero-order chi connectivity index (χ0) is 19.9. The number of amides is 3. The average molecular weight is 378 g/mol. The molecule has 0 spiro atoms. The lowest BCUT2D eigenvalue weighted by Crippen LogP contribution is -2.49. The second-order valence-corrected chi connectivity index (χ2v) is 7.30. The first-order valence-electron chi connectivity index (χ1n) is 8.86. The summed E-state index contributed by atoms with van der Waals surface area (Å²) in [6.07, 6.45) is 2.15. The van der Waals surface area contributed by atoms with Gasteiger partial charge in [-0.2, -0.15) is 0 Å². The molecule has 0 bridgehead atoms. The van der Waals surface area contributed by atoms with E-state index in [0.717, 1.165) is 19.4 Å². The number of ether oxygens (including phenoxy) is 3. The van der Waals surface area contributed by atoms with Crippen LogP contribution in [0.2, 0.25) is 0 Å². The summed E-state index contributed by atoms with van der Waals surface area (Å²) in [5.74, 6) is -0.743. The van der Waals surface area contributed by atoms with Crippen LogP contribution in [0.4, 0.5) is 4.79 Å². The van der Waals surface area contributed by atoms with Crippen molar-refractivity contribution < 1.29 is 28.6 Å². The molecule has 1 aliphatic heterocycles. The van der Waals surface area contributed by atoms with Crippen LogP contribution in [0.15, 0.2) is 24.3 Å². The van der Waals surface area contributed by atoms with Crippen molar-refractivity contribution in [3.63, 3.8) is 0 Å². The standard InChI is InChI=1S/C19H26N2O6/c1-19(2,3)21-18(24)20-16(22)12-27-17(23)13-6-8-14(9-7-13)26-11-15-5-4-10-25-15/h6-9,15H,4-5,10-12H2,1-3H3,(H2,20,21,22,24)/t15-/m0/s1. The van der Waals surface area contributed by atoms with Crippen molar-refractivity contribution in [2.24, 2.45) is 0 Å². The van der Waals surface area contributed by atoms with Gasteiger partial charge in [0.15, 0.2) is 6.61 Å². The molecule has 1 aromatic carbocycles. The first-order valence-corrected chi connectivity index (χ1v) is 8.86. The fourth-order valence-electron chi connectivity index (χ4n) is 2.40. The lowest BCUT2D eigenvalue weighted by Gasteiger charge is -2.20. The van der Waals surface area contributed by atoms with Crippen molar-refractivity contribution in [1.82, 2.24) is 10.6 Å². The minimum atomic E-state index is -0.707. The van der Waals surface area contributed by atoms with Gasteiger partial charge < -0.3 is 19.5 Å². The summed E-state index contributed by atoms with van der Waals surface area (Å²) in [5.41, 5.74) is -0.194. The fraction of sp³-hybridized carbons (Fsp3) is 0.526. The molecular formula is C19H26N2O6. The van der Waals surface area contributed by atoms with Crippen molar-refractivity contribution in [1.29, 1.82) is 0 Å². The lowest BCUT2D eigenvalue weighted by molar-refractivity contribution is -0.123. The molecule has 27 heavy (non-hydrogen) atoms. The third kappa shape index (κ3) is 7.65.